The Morgan fingerprint density at radius 2 is 1.43 bits per heavy atom. The SMILES string of the molecule is CC=CCC(C)P(=O)(c1ccccc1)c1ccc(-c2c#ccc(-c3ccc4c5ccccc5c5nc6ccccc6n5c4c3)c2)cc1. The summed E-state index contributed by atoms with van der Waals surface area (Å²) in [5, 5.41) is 5.30. The largest absolute Gasteiger partial charge is 0.313 e. The predicted octanol–water partition coefficient (Wildman–Crippen LogP) is 10.4. The highest BCUT2D eigenvalue weighted by Crippen LogP contribution is 2.50. The molecule has 8 rings (SSSR count). The van der Waals surface area contributed by atoms with E-state index in [2.05, 4.69) is 108 Å². The van der Waals surface area contributed by atoms with Gasteiger partial charge in [-0.05, 0) is 65.8 Å². The lowest BCUT2D eigenvalue weighted by molar-refractivity contribution is 0.579. The summed E-state index contributed by atoms with van der Waals surface area (Å²) in [6.45, 7) is 4.11. The van der Waals surface area contributed by atoms with E-state index in [9.17, 15) is 4.57 Å². The summed E-state index contributed by atoms with van der Waals surface area (Å²) in [6.07, 6.45) is 4.91. The van der Waals surface area contributed by atoms with Crippen LogP contribution in [0.1, 0.15) is 20.3 Å². The molecular formula is C43H33N2OP. The standard InChI is InChI=1S/C43H33N2OP/c1-3-4-13-30(2)47(46,35-16-6-5-7-17-35)36-25-22-31(23-26-36)32-14-12-15-33(28-32)34-24-27-38-37-18-8-9-19-39(37)43-44-40-20-10-11-21-41(40)45(43)42(38)29-34/h3-11,15-30H,13H2,1-2H3. The van der Waals surface area contributed by atoms with Crippen molar-refractivity contribution in [3.63, 3.8) is 0 Å². The molecule has 0 fully saturated rings. The first-order valence-corrected chi connectivity index (χ1v) is 17.9. The van der Waals surface area contributed by atoms with Gasteiger partial charge in [0.05, 0.1) is 16.6 Å². The van der Waals surface area contributed by atoms with Crippen molar-refractivity contribution in [2.75, 3.05) is 0 Å². The molecule has 2 atom stereocenters. The number of hydrogen-bond acceptors (Lipinski definition) is 2. The molecule has 47 heavy (non-hydrogen) atoms. The predicted molar refractivity (Wildman–Crippen MR) is 198 cm³/mol. The van der Waals surface area contributed by atoms with Crippen LogP contribution in [0.5, 0.6) is 0 Å². The van der Waals surface area contributed by atoms with Gasteiger partial charge in [0.25, 0.3) is 0 Å². The third-order valence-corrected chi connectivity index (χ3v) is 12.9. The Morgan fingerprint density at radius 1 is 0.723 bits per heavy atom. The highest BCUT2D eigenvalue weighted by atomic mass is 31.2. The van der Waals surface area contributed by atoms with Gasteiger partial charge in [-0.3, -0.25) is 4.40 Å². The molecule has 226 valence electrons. The minimum atomic E-state index is -2.86. The number of para-hydroxylation sites is 2. The maximum Gasteiger partial charge on any atom is 0.146 e. The fourth-order valence-electron chi connectivity index (χ4n) is 6.89. The second-order valence-corrected chi connectivity index (χ2v) is 15.4. The first kappa shape index (κ1) is 29.0. The number of imidazole rings is 1. The summed E-state index contributed by atoms with van der Waals surface area (Å²) >= 11 is 0. The van der Waals surface area contributed by atoms with E-state index < -0.39 is 7.14 Å². The van der Waals surface area contributed by atoms with E-state index in [4.69, 9.17) is 4.98 Å². The summed E-state index contributed by atoms with van der Waals surface area (Å²) in [7, 11) is -2.86. The highest BCUT2D eigenvalue weighted by molar-refractivity contribution is 7.79. The van der Waals surface area contributed by atoms with Gasteiger partial charge in [0.1, 0.15) is 12.8 Å². The first-order chi connectivity index (χ1) is 23.1. The van der Waals surface area contributed by atoms with Gasteiger partial charge < -0.3 is 4.57 Å². The Labute approximate surface area is 275 Å². The maximum atomic E-state index is 14.8. The zero-order valence-electron chi connectivity index (χ0n) is 26.4. The van der Waals surface area contributed by atoms with Crippen LogP contribution in [0.25, 0.3) is 60.6 Å². The monoisotopic (exact) mass is 624 g/mol. The molecule has 3 nitrogen and oxygen atoms in total. The molecule has 0 saturated carbocycles. The lowest BCUT2D eigenvalue weighted by Crippen LogP contribution is -2.23. The molecule has 8 aromatic rings. The first-order valence-electron chi connectivity index (χ1n) is 16.1. The number of rotatable bonds is 7. The average Bonchev–Trinajstić information content (AvgIpc) is 3.54. The van der Waals surface area contributed by atoms with E-state index in [0.29, 0.717) is 0 Å². The van der Waals surface area contributed by atoms with Gasteiger partial charge in [-0.25, -0.2) is 4.98 Å². The molecule has 0 spiro atoms. The minimum Gasteiger partial charge on any atom is -0.313 e. The van der Waals surface area contributed by atoms with Gasteiger partial charge >= 0.3 is 0 Å². The summed E-state index contributed by atoms with van der Waals surface area (Å²) in [5.41, 5.74) is 8.27. The van der Waals surface area contributed by atoms with Gasteiger partial charge in [0.2, 0.25) is 0 Å². The molecule has 0 aliphatic heterocycles. The third-order valence-electron chi connectivity index (χ3n) is 9.36. The fourth-order valence-corrected chi connectivity index (χ4v) is 9.83. The normalized spacial score (nSPS) is 13.7. The van der Waals surface area contributed by atoms with Crippen LogP contribution >= 0.6 is 7.14 Å². The maximum absolute atomic E-state index is 14.8. The minimum absolute atomic E-state index is 0.0146. The van der Waals surface area contributed by atoms with Crippen molar-refractivity contribution in [3.05, 3.63) is 158 Å². The molecule has 6 aromatic carbocycles. The molecule has 0 saturated heterocycles. The van der Waals surface area contributed by atoms with E-state index in [0.717, 1.165) is 66.9 Å². The smallest absolute Gasteiger partial charge is 0.146 e. The molecule has 2 aromatic heterocycles. The second-order valence-electron chi connectivity index (χ2n) is 12.2. The zero-order chi connectivity index (χ0) is 32.0. The highest BCUT2D eigenvalue weighted by Gasteiger charge is 2.33. The average molecular weight is 625 g/mol. The Kier molecular flexibility index (Phi) is 7.25. The van der Waals surface area contributed by atoms with Crippen LogP contribution in [0, 0.1) is 12.1 Å². The molecule has 0 aliphatic rings. The van der Waals surface area contributed by atoms with E-state index in [1.165, 1.54) is 10.8 Å². The molecule has 0 aliphatic carbocycles. The van der Waals surface area contributed by atoms with Crippen LogP contribution in [-0.2, 0) is 4.57 Å². The number of benzene rings is 5. The molecule has 4 heteroatoms. The Morgan fingerprint density at radius 3 is 2.23 bits per heavy atom. The topological polar surface area (TPSA) is 34.4 Å². The van der Waals surface area contributed by atoms with Gasteiger partial charge in [-0.2, -0.15) is 0 Å². The number of allylic oxidation sites excluding steroid dienone is 2. The molecular weight excluding hydrogens is 591 g/mol. The van der Waals surface area contributed by atoms with E-state index in [-0.39, 0.29) is 5.66 Å². The zero-order valence-corrected chi connectivity index (χ0v) is 27.3. The van der Waals surface area contributed by atoms with Crippen molar-refractivity contribution < 1.29 is 4.57 Å². The summed E-state index contributed by atoms with van der Waals surface area (Å²) < 4.78 is 17.1. The fraction of sp³-hybridized carbons (Fsp3) is 0.0930. The van der Waals surface area contributed by atoms with Crippen molar-refractivity contribution >= 4 is 56.1 Å². The number of aromatic nitrogens is 2. The number of nitrogens with zero attached hydrogens (tertiary/aromatic N) is 2. The lowest BCUT2D eigenvalue weighted by atomic mass is 9.98. The molecule has 2 unspecified atom stereocenters. The Hall–Kier alpha value is -5.42. The summed E-state index contributed by atoms with van der Waals surface area (Å²) in [5.74, 6) is 0. The van der Waals surface area contributed by atoms with Gasteiger partial charge in [-0.1, -0.05) is 134 Å². The van der Waals surface area contributed by atoms with Gasteiger partial charge in [0, 0.05) is 32.6 Å². The van der Waals surface area contributed by atoms with Crippen LogP contribution in [0.4, 0.5) is 0 Å². The van der Waals surface area contributed by atoms with Crippen molar-refractivity contribution in [2.24, 2.45) is 0 Å². The summed E-state index contributed by atoms with van der Waals surface area (Å²) in [4.78, 5) is 5.05. The Balaban J connectivity index is 1.21. The van der Waals surface area contributed by atoms with Gasteiger partial charge in [0.15, 0.2) is 0 Å². The molecule has 0 N–H and O–H groups in total. The number of fused-ring (bicyclic) bond motifs is 8. The van der Waals surface area contributed by atoms with Crippen molar-refractivity contribution in [1.29, 1.82) is 0 Å². The second kappa shape index (κ2) is 11.7. The third kappa shape index (κ3) is 4.85. The van der Waals surface area contributed by atoms with E-state index >= 15 is 0 Å². The Bertz CT molecular complexity index is 2490. The van der Waals surface area contributed by atoms with Crippen LogP contribution < -0.4 is 10.6 Å². The van der Waals surface area contributed by atoms with E-state index in [1.807, 2.05) is 67.6 Å². The van der Waals surface area contributed by atoms with Crippen molar-refractivity contribution in [3.8, 4) is 22.3 Å². The quantitative estimate of drug-likeness (QED) is 0.100. The molecule has 0 amide bonds. The van der Waals surface area contributed by atoms with E-state index in [1.54, 1.807) is 0 Å². The molecule has 2 heterocycles. The van der Waals surface area contributed by atoms with Crippen LogP contribution in [0.2, 0.25) is 0 Å². The van der Waals surface area contributed by atoms with Crippen LogP contribution in [0.3, 0.4) is 0 Å². The van der Waals surface area contributed by atoms with Crippen LogP contribution in [-0.4, -0.2) is 15.0 Å². The molecule has 0 radical (unpaired) electrons. The molecule has 0 bridgehead atoms. The number of pyridine rings is 1. The number of hydrogen-bond donors (Lipinski definition) is 0. The van der Waals surface area contributed by atoms with Gasteiger partial charge in [-0.15, -0.1) is 0 Å². The van der Waals surface area contributed by atoms with Crippen molar-refractivity contribution in [2.45, 2.75) is 25.9 Å². The lowest BCUT2D eigenvalue weighted by Gasteiger charge is -2.25. The van der Waals surface area contributed by atoms with Crippen LogP contribution in [0.15, 0.2) is 146 Å². The summed E-state index contributed by atoms with van der Waals surface area (Å²) in [6, 6.07) is 52.4. The van der Waals surface area contributed by atoms with Crippen molar-refractivity contribution in [1.82, 2.24) is 9.38 Å².